The van der Waals surface area contributed by atoms with Crippen LogP contribution in [0.25, 0.3) is 0 Å². The van der Waals surface area contributed by atoms with Crippen LogP contribution < -0.4 is 0 Å². The highest BCUT2D eigenvalue weighted by molar-refractivity contribution is 6.05. The third kappa shape index (κ3) is 4.33. The second-order valence-corrected chi connectivity index (χ2v) is 7.16. The maximum Gasteiger partial charge on any atom is 0.233 e. The monoisotopic (exact) mass is 368 g/mol. The first-order valence-corrected chi connectivity index (χ1v) is 9.50. The summed E-state index contributed by atoms with van der Waals surface area (Å²) in [7, 11) is 0. The number of imide groups is 1. The van der Waals surface area contributed by atoms with Gasteiger partial charge in [0, 0.05) is 38.4 Å². The van der Waals surface area contributed by atoms with Crippen LogP contribution in [0.4, 0.5) is 0 Å². The summed E-state index contributed by atoms with van der Waals surface area (Å²) in [5, 5.41) is 8.86. The highest BCUT2D eigenvalue weighted by Crippen LogP contribution is 2.38. The highest BCUT2D eigenvalue weighted by atomic mass is 16.2. The maximum absolute atomic E-state index is 12.7. The molecular formula is C20H24N4O3. The van der Waals surface area contributed by atoms with Gasteiger partial charge in [-0.1, -0.05) is 18.9 Å². The number of rotatable bonds is 7. The summed E-state index contributed by atoms with van der Waals surface area (Å²) in [6, 6.07) is 5.73. The molecule has 1 aromatic rings. The van der Waals surface area contributed by atoms with Crippen LogP contribution in [-0.2, 0) is 20.9 Å². The molecule has 7 nitrogen and oxygen atoms in total. The lowest BCUT2D eigenvalue weighted by molar-refractivity contribution is -0.141. The molecule has 142 valence electrons. The Morgan fingerprint density at radius 3 is 2.56 bits per heavy atom. The Bertz CT molecular complexity index is 719. The van der Waals surface area contributed by atoms with Gasteiger partial charge in [-0.15, -0.1) is 0 Å². The van der Waals surface area contributed by atoms with Gasteiger partial charge in [0.05, 0.1) is 24.3 Å². The molecule has 3 rings (SSSR count). The van der Waals surface area contributed by atoms with E-state index in [4.69, 9.17) is 5.26 Å². The largest absolute Gasteiger partial charge is 0.337 e. The minimum absolute atomic E-state index is 0.0859. The third-order valence-electron chi connectivity index (χ3n) is 5.42. The van der Waals surface area contributed by atoms with Gasteiger partial charge in [0.25, 0.3) is 0 Å². The first kappa shape index (κ1) is 19.0. The summed E-state index contributed by atoms with van der Waals surface area (Å²) < 4.78 is 0. The summed E-state index contributed by atoms with van der Waals surface area (Å²) in [6.45, 7) is 0.804. The van der Waals surface area contributed by atoms with Crippen LogP contribution >= 0.6 is 0 Å². The van der Waals surface area contributed by atoms with Crippen LogP contribution in [0.5, 0.6) is 0 Å². The fraction of sp³-hybridized carbons (Fsp3) is 0.550. The van der Waals surface area contributed by atoms with Crippen LogP contribution in [0.2, 0.25) is 0 Å². The van der Waals surface area contributed by atoms with Crippen molar-refractivity contribution in [2.45, 2.75) is 45.1 Å². The van der Waals surface area contributed by atoms with Gasteiger partial charge in [0.15, 0.2) is 0 Å². The van der Waals surface area contributed by atoms with Gasteiger partial charge in [-0.3, -0.25) is 24.3 Å². The Morgan fingerprint density at radius 1 is 1.26 bits per heavy atom. The van der Waals surface area contributed by atoms with Crippen molar-refractivity contribution >= 4 is 17.7 Å². The fourth-order valence-electron chi connectivity index (χ4n) is 4.01. The van der Waals surface area contributed by atoms with Gasteiger partial charge in [0.2, 0.25) is 17.7 Å². The van der Waals surface area contributed by atoms with Gasteiger partial charge in [-0.05, 0) is 24.5 Å². The molecule has 2 unspecified atom stereocenters. The van der Waals surface area contributed by atoms with Crippen LogP contribution in [-0.4, -0.2) is 45.6 Å². The molecule has 0 radical (unpaired) electrons. The van der Waals surface area contributed by atoms with E-state index < -0.39 is 0 Å². The molecule has 3 amide bonds. The summed E-state index contributed by atoms with van der Waals surface area (Å²) in [4.78, 5) is 44.7. The smallest absolute Gasteiger partial charge is 0.233 e. The van der Waals surface area contributed by atoms with Crippen molar-refractivity contribution in [3.05, 3.63) is 30.1 Å². The lowest BCUT2D eigenvalue weighted by Gasteiger charge is -2.23. The number of likely N-dealkylation sites (tertiary alicyclic amines) is 1. The summed E-state index contributed by atoms with van der Waals surface area (Å²) in [5.41, 5.74) is 0.878. The van der Waals surface area contributed by atoms with Crippen molar-refractivity contribution in [2.75, 3.05) is 13.1 Å². The van der Waals surface area contributed by atoms with Crippen molar-refractivity contribution < 1.29 is 14.4 Å². The van der Waals surface area contributed by atoms with E-state index in [0.29, 0.717) is 13.1 Å². The molecule has 7 heteroatoms. The molecule has 1 aliphatic heterocycles. The lowest BCUT2D eigenvalue weighted by Crippen LogP contribution is -2.37. The average Bonchev–Trinajstić information content (AvgIpc) is 2.94. The number of hydrogen-bond acceptors (Lipinski definition) is 5. The third-order valence-corrected chi connectivity index (χ3v) is 5.42. The van der Waals surface area contributed by atoms with E-state index in [-0.39, 0.29) is 48.9 Å². The van der Waals surface area contributed by atoms with E-state index in [9.17, 15) is 14.4 Å². The van der Waals surface area contributed by atoms with Crippen LogP contribution in [0.15, 0.2) is 24.5 Å². The van der Waals surface area contributed by atoms with Crippen molar-refractivity contribution in [1.29, 1.82) is 5.26 Å². The van der Waals surface area contributed by atoms with Crippen molar-refractivity contribution in [3.63, 3.8) is 0 Å². The van der Waals surface area contributed by atoms with Gasteiger partial charge >= 0.3 is 0 Å². The topological polar surface area (TPSA) is 94.4 Å². The Balaban J connectivity index is 1.61. The number of carbonyl (C=O) groups is 3. The van der Waals surface area contributed by atoms with Gasteiger partial charge < -0.3 is 4.90 Å². The molecule has 0 bridgehead atoms. The van der Waals surface area contributed by atoms with Gasteiger partial charge in [-0.25, -0.2) is 0 Å². The Morgan fingerprint density at radius 2 is 1.96 bits per heavy atom. The van der Waals surface area contributed by atoms with Crippen molar-refractivity contribution in [1.82, 2.24) is 14.8 Å². The SMILES string of the molecule is N#CCCN(Cc1cccnc1)C(=O)CCN1C(=O)C2CCCCC2C1=O. The molecule has 2 aliphatic rings. The lowest BCUT2D eigenvalue weighted by atomic mass is 9.81. The van der Waals surface area contributed by atoms with Crippen molar-refractivity contribution in [2.24, 2.45) is 11.8 Å². The number of nitriles is 1. The maximum atomic E-state index is 12.7. The quantitative estimate of drug-likeness (QED) is 0.685. The molecular weight excluding hydrogens is 344 g/mol. The molecule has 1 saturated carbocycles. The molecule has 2 atom stereocenters. The molecule has 1 aliphatic carbocycles. The van der Waals surface area contributed by atoms with E-state index in [2.05, 4.69) is 11.1 Å². The second kappa shape index (κ2) is 8.76. The normalized spacial score (nSPS) is 21.7. The number of hydrogen-bond donors (Lipinski definition) is 0. The molecule has 2 heterocycles. The average molecular weight is 368 g/mol. The number of nitrogens with zero attached hydrogens (tertiary/aromatic N) is 4. The van der Waals surface area contributed by atoms with Gasteiger partial charge in [0.1, 0.15) is 0 Å². The number of amides is 3. The first-order chi connectivity index (χ1) is 13.1. The Labute approximate surface area is 159 Å². The summed E-state index contributed by atoms with van der Waals surface area (Å²) >= 11 is 0. The molecule has 0 spiro atoms. The number of fused-ring (bicyclic) bond motifs is 1. The number of aromatic nitrogens is 1. The first-order valence-electron chi connectivity index (χ1n) is 9.50. The highest BCUT2D eigenvalue weighted by Gasteiger charge is 2.47. The van der Waals surface area contributed by atoms with E-state index in [1.165, 1.54) is 4.90 Å². The standard InChI is InChI=1S/C20H24N4O3/c21-9-4-11-23(14-15-5-3-10-22-13-15)18(25)8-12-24-19(26)16-6-1-2-7-17(16)20(24)27/h3,5,10,13,16-17H,1-2,4,6-8,11-12,14H2. The van der Waals surface area contributed by atoms with E-state index in [1.54, 1.807) is 23.4 Å². The zero-order valence-electron chi connectivity index (χ0n) is 15.3. The molecule has 0 N–H and O–H groups in total. The Kier molecular flexibility index (Phi) is 6.17. The predicted octanol–water partition coefficient (Wildman–Crippen LogP) is 1.89. The number of carbonyl (C=O) groups excluding carboxylic acids is 3. The fourth-order valence-corrected chi connectivity index (χ4v) is 4.01. The summed E-state index contributed by atoms with van der Waals surface area (Å²) in [5.74, 6) is -0.774. The second-order valence-electron chi connectivity index (χ2n) is 7.16. The van der Waals surface area contributed by atoms with Crippen LogP contribution in [0.1, 0.15) is 44.1 Å². The van der Waals surface area contributed by atoms with E-state index in [1.807, 2.05) is 6.07 Å². The minimum Gasteiger partial charge on any atom is -0.337 e. The number of pyridine rings is 1. The zero-order chi connectivity index (χ0) is 19.2. The van der Waals surface area contributed by atoms with Crippen LogP contribution in [0.3, 0.4) is 0 Å². The van der Waals surface area contributed by atoms with Crippen LogP contribution in [0, 0.1) is 23.2 Å². The van der Waals surface area contributed by atoms with E-state index in [0.717, 1.165) is 31.2 Å². The summed E-state index contributed by atoms with van der Waals surface area (Å²) in [6.07, 6.45) is 7.18. The van der Waals surface area contributed by atoms with Gasteiger partial charge in [-0.2, -0.15) is 5.26 Å². The van der Waals surface area contributed by atoms with Crippen molar-refractivity contribution in [3.8, 4) is 6.07 Å². The molecule has 1 saturated heterocycles. The molecule has 1 aromatic heterocycles. The van der Waals surface area contributed by atoms with E-state index >= 15 is 0 Å². The minimum atomic E-state index is -0.188. The molecule has 27 heavy (non-hydrogen) atoms. The predicted molar refractivity (Wildman–Crippen MR) is 96.7 cm³/mol. The molecule has 2 fully saturated rings. The zero-order valence-corrected chi connectivity index (χ0v) is 15.3. The Hall–Kier alpha value is -2.75. The molecule has 0 aromatic carbocycles.